The van der Waals surface area contributed by atoms with Gasteiger partial charge in [0.25, 0.3) is 0 Å². The second kappa shape index (κ2) is 4.77. The Morgan fingerprint density at radius 3 is 2.58 bits per heavy atom. The summed E-state index contributed by atoms with van der Waals surface area (Å²) < 4.78 is 10.2. The first kappa shape index (κ1) is 9.92. The van der Waals surface area contributed by atoms with Crippen molar-refractivity contribution in [3.05, 3.63) is 0 Å². The third-order valence-electron chi connectivity index (χ3n) is 2.24. The van der Waals surface area contributed by atoms with Crippen LogP contribution in [0.4, 0.5) is 0 Å². The van der Waals surface area contributed by atoms with Gasteiger partial charge in [0, 0.05) is 33.4 Å². The first-order valence-corrected chi connectivity index (χ1v) is 4.29. The number of ether oxygens (including phenoxy) is 2. The van der Waals surface area contributed by atoms with Crippen LogP contribution in [-0.4, -0.2) is 51.1 Å². The summed E-state index contributed by atoms with van der Waals surface area (Å²) in [6.07, 6.45) is 0.968. The Morgan fingerprint density at radius 2 is 2.17 bits per heavy atom. The third kappa shape index (κ3) is 2.71. The number of methoxy groups -OCH3 is 2. The van der Waals surface area contributed by atoms with E-state index in [2.05, 4.69) is 4.90 Å². The average Bonchev–Trinajstić information content (AvgIpc) is 2.47. The van der Waals surface area contributed by atoms with Gasteiger partial charge in [-0.25, -0.2) is 0 Å². The van der Waals surface area contributed by atoms with Crippen molar-refractivity contribution >= 4 is 0 Å². The molecule has 1 aliphatic heterocycles. The molecule has 0 aromatic heterocycles. The Hall–Kier alpha value is -0.160. The van der Waals surface area contributed by atoms with E-state index in [4.69, 9.17) is 15.2 Å². The van der Waals surface area contributed by atoms with Crippen molar-refractivity contribution in [2.75, 3.05) is 33.9 Å². The molecule has 2 N–H and O–H groups in total. The molecular weight excluding hydrogens is 156 g/mol. The van der Waals surface area contributed by atoms with E-state index >= 15 is 0 Å². The van der Waals surface area contributed by atoms with Gasteiger partial charge in [-0.05, 0) is 13.0 Å². The molecule has 1 fully saturated rings. The van der Waals surface area contributed by atoms with Gasteiger partial charge >= 0.3 is 0 Å². The number of nitrogens with zero attached hydrogens (tertiary/aromatic N) is 1. The third-order valence-corrected chi connectivity index (χ3v) is 2.24. The maximum absolute atomic E-state index is 5.76. The molecule has 1 rings (SSSR count). The molecule has 0 radical (unpaired) electrons. The Labute approximate surface area is 73.6 Å². The monoisotopic (exact) mass is 174 g/mol. The van der Waals surface area contributed by atoms with E-state index in [0.29, 0.717) is 6.04 Å². The highest BCUT2D eigenvalue weighted by molar-refractivity contribution is 4.78. The lowest BCUT2D eigenvalue weighted by Crippen LogP contribution is -2.34. The first-order valence-electron chi connectivity index (χ1n) is 4.29. The van der Waals surface area contributed by atoms with Gasteiger partial charge in [-0.2, -0.15) is 0 Å². The minimum absolute atomic E-state index is 0.115. The van der Waals surface area contributed by atoms with Crippen LogP contribution in [0.1, 0.15) is 6.42 Å². The summed E-state index contributed by atoms with van der Waals surface area (Å²) in [6.45, 7) is 2.84. The van der Waals surface area contributed by atoms with E-state index in [1.54, 1.807) is 14.2 Å². The van der Waals surface area contributed by atoms with Gasteiger partial charge in [-0.15, -0.1) is 0 Å². The molecule has 0 aromatic carbocycles. The number of nitrogens with two attached hydrogens (primary N) is 1. The van der Waals surface area contributed by atoms with Crippen LogP contribution in [0.3, 0.4) is 0 Å². The van der Waals surface area contributed by atoms with Gasteiger partial charge in [0.05, 0.1) is 0 Å². The van der Waals surface area contributed by atoms with E-state index in [9.17, 15) is 0 Å². The molecule has 4 heteroatoms. The van der Waals surface area contributed by atoms with Gasteiger partial charge in [0.2, 0.25) is 0 Å². The summed E-state index contributed by atoms with van der Waals surface area (Å²) in [7, 11) is 3.31. The molecule has 0 saturated carbocycles. The van der Waals surface area contributed by atoms with E-state index < -0.39 is 0 Å². The largest absolute Gasteiger partial charge is 0.355 e. The lowest BCUT2D eigenvalue weighted by Gasteiger charge is -2.20. The maximum atomic E-state index is 5.76. The molecule has 0 spiro atoms. The summed E-state index contributed by atoms with van der Waals surface area (Å²) >= 11 is 0. The molecule has 0 aromatic rings. The van der Waals surface area contributed by atoms with Gasteiger partial charge in [-0.3, -0.25) is 4.90 Å². The van der Waals surface area contributed by atoms with Crippen molar-refractivity contribution in [1.82, 2.24) is 4.90 Å². The van der Waals surface area contributed by atoms with Crippen molar-refractivity contribution in [2.45, 2.75) is 18.8 Å². The Morgan fingerprint density at radius 1 is 1.50 bits per heavy atom. The fourth-order valence-corrected chi connectivity index (χ4v) is 1.48. The predicted octanol–water partition coefficient (Wildman–Crippen LogP) is -0.362. The number of hydrogen-bond acceptors (Lipinski definition) is 4. The quantitative estimate of drug-likeness (QED) is 0.591. The Kier molecular flexibility index (Phi) is 3.94. The summed E-state index contributed by atoms with van der Waals surface area (Å²) in [5.41, 5.74) is 5.76. The zero-order valence-electron chi connectivity index (χ0n) is 7.82. The van der Waals surface area contributed by atoms with E-state index in [-0.39, 0.29) is 6.29 Å². The predicted molar refractivity (Wildman–Crippen MR) is 46.8 cm³/mol. The van der Waals surface area contributed by atoms with Crippen LogP contribution in [0, 0.1) is 0 Å². The van der Waals surface area contributed by atoms with E-state index in [1.807, 2.05) is 0 Å². The lowest BCUT2D eigenvalue weighted by atomic mass is 10.3. The minimum atomic E-state index is -0.115. The van der Waals surface area contributed by atoms with Gasteiger partial charge in [0.1, 0.15) is 0 Å². The van der Waals surface area contributed by atoms with Crippen LogP contribution in [0.25, 0.3) is 0 Å². The SMILES string of the molecule is COC(CN1CC[C@@H](N)C1)OC. The number of hydrogen-bond donors (Lipinski definition) is 1. The second-order valence-corrected chi connectivity index (χ2v) is 3.21. The first-order chi connectivity index (χ1) is 5.76. The van der Waals surface area contributed by atoms with E-state index in [1.165, 1.54) is 0 Å². The maximum Gasteiger partial charge on any atom is 0.169 e. The Balaban J connectivity index is 2.21. The van der Waals surface area contributed by atoms with Crippen LogP contribution in [-0.2, 0) is 9.47 Å². The van der Waals surface area contributed by atoms with Crippen LogP contribution in [0.15, 0.2) is 0 Å². The standard InChI is InChI=1S/C8H18N2O2/c1-11-8(12-2)6-10-4-3-7(9)5-10/h7-8H,3-6,9H2,1-2H3/t7-/m1/s1. The Bertz CT molecular complexity index is 128. The summed E-state index contributed by atoms with van der Waals surface area (Å²) in [6, 6.07) is 0.333. The van der Waals surface area contributed by atoms with Crippen LogP contribution in [0.5, 0.6) is 0 Å². The molecule has 0 aliphatic carbocycles. The highest BCUT2D eigenvalue weighted by atomic mass is 16.7. The molecule has 1 aliphatic rings. The molecule has 12 heavy (non-hydrogen) atoms. The molecule has 0 bridgehead atoms. The zero-order chi connectivity index (χ0) is 8.97. The molecule has 1 heterocycles. The fourth-order valence-electron chi connectivity index (χ4n) is 1.48. The topological polar surface area (TPSA) is 47.7 Å². The van der Waals surface area contributed by atoms with Crippen LogP contribution >= 0.6 is 0 Å². The molecule has 1 saturated heterocycles. The highest BCUT2D eigenvalue weighted by Crippen LogP contribution is 2.08. The van der Waals surface area contributed by atoms with Crippen molar-refractivity contribution in [2.24, 2.45) is 5.73 Å². The summed E-state index contributed by atoms with van der Waals surface area (Å²) in [5, 5.41) is 0. The van der Waals surface area contributed by atoms with Crippen LogP contribution < -0.4 is 5.73 Å². The smallest absolute Gasteiger partial charge is 0.169 e. The van der Waals surface area contributed by atoms with Crippen molar-refractivity contribution in [1.29, 1.82) is 0 Å². The molecular formula is C8H18N2O2. The van der Waals surface area contributed by atoms with Crippen LogP contribution in [0.2, 0.25) is 0 Å². The number of rotatable bonds is 4. The van der Waals surface area contributed by atoms with Crippen molar-refractivity contribution < 1.29 is 9.47 Å². The van der Waals surface area contributed by atoms with Gasteiger partial charge < -0.3 is 15.2 Å². The zero-order valence-corrected chi connectivity index (χ0v) is 7.82. The minimum Gasteiger partial charge on any atom is -0.355 e. The van der Waals surface area contributed by atoms with Gasteiger partial charge in [0.15, 0.2) is 6.29 Å². The number of likely N-dealkylation sites (tertiary alicyclic amines) is 1. The summed E-state index contributed by atoms with van der Waals surface area (Å²) in [4.78, 5) is 2.27. The molecule has 72 valence electrons. The summed E-state index contributed by atoms with van der Waals surface area (Å²) in [5.74, 6) is 0. The molecule has 0 unspecified atom stereocenters. The second-order valence-electron chi connectivity index (χ2n) is 3.21. The molecule has 0 amide bonds. The fraction of sp³-hybridized carbons (Fsp3) is 1.00. The van der Waals surface area contributed by atoms with Crippen molar-refractivity contribution in [3.8, 4) is 0 Å². The highest BCUT2D eigenvalue weighted by Gasteiger charge is 2.21. The molecule has 1 atom stereocenters. The van der Waals surface area contributed by atoms with Gasteiger partial charge in [-0.1, -0.05) is 0 Å². The van der Waals surface area contributed by atoms with Crippen molar-refractivity contribution in [3.63, 3.8) is 0 Å². The normalized spacial score (nSPS) is 25.5. The lowest BCUT2D eigenvalue weighted by molar-refractivity contribution is -0.114. The average molecular weight is 174 g/mol. The van der Waals surface area contributed by atoms with E-state index in [0.717, 1.165) is 26.1 Å². The molecule has 4 nitrogen and oxygen atoms in total.